The van der Waals surface area contributed by atoms with Crippen LogP contribution in [-0.2, 0) is 32.3 Å². The molecule has 17 heteroatoms. The average Bonchev–Trinajstić information content (AvgIpc) is 3.53. The molecule has 3 saturated heterocycles. The predicted molar refractivity (Wildman–Crippen MR) is 139 cm³/mol. The smallest absolute Gasteiger partial charge is 0.476 e. The maximum atomic E-state index is 13.4. The third-order valence-corrected chi connectivity index (χ3v) is 9.09. The van der Waals surface area contributed by atoms with Gasteiger partial charge in [-0.25, -0.2) is 14.3 Å². The SMILES string of the molecule is CCOc1nc(N)nc2ncn([C@@H]3O[C@H](CO[P@]4(=O)OCC[C@H](c5cccc(Cl)c5Cl)O4)[C@H]4OC(=O)O[C@]43C)c12. The predicted octanol–water partition coefficient (Wildman–Crippen LogP) is 4.61. The molecule has 40 heavy (non-hydrogen) atoms. The Morgan fingerprint density at radius 3 is 2.92 bits per heavy atom. The van der Waals surface area contributed by atoms with Gasteiger partial charge in [0, 0.05) is 12.0 Å². The van der Waals surface area contributed by atoms with Gasteiger partial charge in [0.2, 0.25) is 11.8 Å². The minimum Gasteiger partial charge on any atom is -0.476 e. The number of rotatable bonds is 7. The summed E-state index contributed by atoms with van der Waals surface area (Å²) < 4.78 is 54.7. The number of ether oxygens (including phenoxy) is 4. The molecule has 5 heterocycles. The Bertz CT molecular complexity index is 1530. The molecule has 3 fully saturated rings. The number of carbonyl (C=O) groups is 1. The molecule has 0 unspecified atom stereocenters. The number of phosphoric ester groups is 1. The molecule has 2 N–H and O–H groups in total. The highest BCUT2D eigenvalue weighted by molar-refractivity contribution is 7.48. The summed E-state index contributed by atoms with van der Waals surface area (Å²) in [5.74, 6) is 0.157. The minimum atomic E-state index is -4.07. The number of anilines is 1. The van der Waals surface area contributed by atoms with Crippen LogP contribution < -0.4 is 10.5 Å². The summed E-state index contributed by atoms with van der Waals surface area (Å²) >= 11 is 12.5. The molecule has 3 aliphatic rings. The lowest BCUT2D eigenvalue weighted by Gasteiger charge is -2.30. The molecule has 0 bridgehead atoms. The Kier molecular flexibility index (Phi) is 7.06. The molecule has 14 nitrogen and oxygen atoms in total. The zero-order valence-electron chi connectivity index (χ0n) is 21.2. The third kappa shape index (κ3) is 4.67. The van der Waals surface area contributed by atoms with Gasteiger partial charge in [-0.05, 0) is 19.9 Å². The van der Waals surface area contributed by atoms with E-state index in [0.717, 1.165) is 0 Å². The molecule has 0 saturated carbocycles. The number of hydrogen-bond acceptors (Lipinski definition) is 13. The van der Waals surface area contributed by atoms with Crippen LogP contribution in [0.1, 0.15) is 38.2 Å². The van der Waals surface area contributed by atoms with Crippen LogP contribution in [0.4, 0.5) is 10.7 Å². The van der Waals surface area contributed by atoms with Crippen LogP contribution in [0.15, 0.2) is 24.5 Å². The monoisotopic (exact) mass is 615 g/mol. The number of aromatic nitrogens is 4. The Labute approximate surface area is 237 Å². The normalized spacial score (nSPS) is 31.6. The van der Waals surface area contributed by atoms with Crippen molar-refractivity contribution in [2.75, 3.05) is 25.6 Å². The molecule has 214 valence electrons. The lowest BCUT2D eigenvalue weighted by atomic mass is 9.96. The number of phosphoric acid groups is 1. The van der Waals surface area contributed by atoms with Crippen LogP contribution in [0.3, 0.4) is 0 Å². The van der Waals surface area contributed by atoms with E-state index in [1.54, 1.807) is 36.6 Å². The van der Waals surface area contributed by atoms with Gasteiger partial charge in [-0.2, -0.15) is 9.97 Å². The van der Waals surface area contributed by atoms with Crippen molar-refractivity contribution in [2.45, 2.75) is 50.4 Å². The van der Waals surface area contributed by atoms with Crippen LogP contribution in [0.5, 0.6) is 5.88 Å². The fraction of sp³-hybridized carbons (Fsp3) is 0.478. The molecular weight excluding hydrogens is 592 g/mol. The highest BCUT2D eigenvalue weighted by Crippen LogP contribution is 2.58. The number of nitrogens with two attached hydrogens (primary N) is 1. The van der Waals surface area contributed by atoms with Gasteiger partial charge in [0.05, 0.1) is 36.0 Å². The fourth-order valence-corrected chi connectivity index (χ4v) is 6.84. The topological polar surface area (TPSA) is 168 Å². The molecule has 1 aromatic carbocycles. The number of halogens is 2. The van der Waals surface area contributed by atoms with Crippen molar-refractivity contribution in [3.8, 4) is 5.88 Å². The third-order valence-electron chi connectivity index (χ3n) is 6.78. The number of carbonyl (C=O) groups excluding carboxylic acids is 1. The van der Waals surface area contributed by atoms with Gasteiger partial charge in [0.25, 0.3) is 0 Å². The Balaban J connectivity index is 1.25. The van der Waals surface area contributed by atoms with Gasteiger partial charge in [-0.3, -0.25) is 18.1 Å². The second kappa shape index (κ2) is 10.3. The molecule has 0 spiro atoms. The van der Waals surface area contributed by atoms with Crippen LogP contribution in [0, 0.1) is 0 Å². The maximum Gasteiger partial charge on any atom is 0.509 e. The van der Waals surface area contributed by atoms with Gasteiger partial charge in [0.1, 0.15) is 12.4 Å². The number of hydrogen-bond donors (Lipinski definition) is 1. The highest BCUT2D eigenvalue weighted by Gasteiger charge is 2.64. The largest absolute Gasteiger partial charge is 0.509 e. The molecule has 6 atom stereocenters. The summed E-state index contributed by atoms with van der Waals surface area (Å²) in [4.78, 5) is 24.9. The van der Waals surface area contributed by atoms with E-state index in [-0.39, 0.29) is 30.7 Å². The molecule has 3 aliphatic heterocycles. The van der Waals surface area contributed by atoms with E-state index in [2.05, 4.69) is 15.0 Å². The fourth-order valence-electron chi connectivity index (χ4n) is 5.03. The van der Waals surface area contributed by atoms with Gasteiger partial charge >= 0.3 is 14.0 Å². The van der Waals surface area contributed by atoms with Crippen molar-refractivity contribution < 1.29 is 41.9 Å². The number of fused-ring (bicyclic) bond motifs is 2. The van der Waals surface area contributed by atoms with E-state index >= 15 is 0 Å². The average molecular weight is 616 g/mol. The summed E-state index contributed by atoms with van der Waals surface area (Å²) in [6, 6.07) is 5.08. The summed E-state index contributed by atoms with van der Waals surface area (Å²) in [6.45, 7) is 3.49. The standard InChI is InChI=1S/C23H24Cl2N5O9P/c1-3-33-19-16-18(28-21(26)29-19)27-10-30(16)20-23(2)17(37-22(31)38-23)14(36-20)9-35-40(32)34-8-7-13(39-40)11-5-4-6-12(24)15(11)25/h4-6,10,13-14,17,20H,3,7-9H2,1-2H3,(H2,26,28,29)/t13-,14-,17-,20-,23-,40+/m1/s1. The van der Waals surface area contributed by atoms with E-state index in [9.17, 15) is 9.36 Å². The molecule has 3 aromatic rings. The highest BCUT2D eigenvalue weighted by atomic mass is 35.5. The number of nitrogens with zero attached hydrogens (tertiary/aromatic N) is 4. The molecule has 2 aromatic heterocycles. The second-order valence-corrected chi connectivity index (χ2v) is 11.8. The van der Waals surface area contributed by atoms with Gasteiger partial charge < -0.3 is 24.7 Å². The van der Waals surface area contributed by atoms with Crippen LogP contribution >= 0.6 is 31.0 Å². The summed E-state index contributed by atoms with van der Waals surface area (Å²) in [7, 11) is -4.07. The molecule has 0 radical (unpaired) electrons. The number of benzene rings is 1. The quantitative estimate of drug-likeness (QED) is 0.289. The van der Waals surface area contributed by atoms with E-state index < -0.39 is 44.1 Å². The summed E-state index contributed by atoms with van der Waals surface area (Å²) in [5, 5.41) is 0.630. The van der Waals surface area contributed by atoms with Gasteiger partial charge in [0.15, 0.2) is 29.1 Å². The number of nitrogen functional groups attached to an aromatic ring is 1. The lowest BCUT2D eigenvalue weighted by Crippen LogP contribution is -2.42. The molecule has 6 rings (SSSR count). The zero-order chi connectivity index (χ0) is 28.2. The van der Waals surface area contributed by atoms with Crippen LogP contribution in [0.2, 0.25) is 10.0 Å². The Hall–Kier alpha value is -2.71. The first-order chi connectivity index (χ1) is 19.1. The Morgan fingerprint density at radius 1 is 1.30 bits per heavy atom. The second-order valence-electron chi connectivity index (χ2n) is 9.35. The maximum absolute atomic E-state index is 13.4. The van der Waals surface area contributed by atoms with E-state index in [1.807, 2.05) is 0 Å². The van der Waals surface area contributed by atoms with Crippen molar-refractivity contribution in [1.29, 1.82) is 0 Å². The van der Waals surface area contributed by atoms with Crippen LogP contribution in [0.25, 0.3) is 11.2 Å². The number of imidazole rings is 1. The Morgan fingerprint density at radius 2 is 2.12 bits per heavy atom. The van der Waals surface area contributed by atoms with Crippen molar-refractivity contribution in [3.05, 3.63) is 40.1 Å². The molecular formula is C23H24Cl2N5O9P. The van der Waals surface area contributed by atoms with Crippen molar-refractivity contribution in [1.82, 2.24) is 19.5 Å². The van der Waals surface area contributed by atoms with E-state index in [4.69, 9.17) is 61.5 Å². The first-order valence-corrected chi connectivity index (χ1v) is 14.5. The molecule has 0 aliphatic carbocycles. The summed E-state index contributed by atoms with van der Waals surface area (Å²) in [6.07, 6.45) is -2.60. The van der Waals surface area contributed by atoms with Crippen LogP contribution in [-0.4, -0.2) is 63.3 Å². The van der Waals surface area contributed by atoms with Gasteiger partial charge in [-0.1, -0.05) is 35.3 Å². The van der Waals surface area contributed by atoms with Crippen molar-refractivity contribution in [3.63, 3.8) is 0 Å². The first-order valence-electron chi connectivity index (χ1n) is 12.3. The zero-order valence-corrected chi connectivity index (χ0v) is 23.6. The first kappa shape index (κ1) is 27.5. The molecule has 0 amide bonds. The lowest BCUT2D eigenvalue weighted by molar-refractivity contribution is -0.0924. The summed E-state index contributed by atoms with van der Waals surface area (Å²) in [5.41, 5.74) is 5.66. The van der Waals surface area contributed by atoms with Crippen molar-refractivity contribution in [2.24, 2.45) is 0 Å². The minimum absolute atomic E-state index is 0.0194. The van der Waals surface area contributed by atoms with E-state index in [1.165, 1.54) is 6.33 Å². The van der Waals surface area contributed by atoms with Gasteiger partial charge in [-0.15, -0.1) is 0 Å². The van der Waals surface area contributed by atoms with Crippen molar-refractivity contribution >= 4 is 54.3 Å². The van der Waals surface area contributed by atoms with E-state index in [0.29, 0.717) is 34.2 Å².